The summed E-state index contributed by atoms with van der Waals surface area (Å²) in [5.74, 6) is -1.75. The third-order valence-corrected chi connectivity index (χ3v) is 3.97. The molecule has 0 spiro atoms. The largest absolute Gasteiger partial charge is 0.368 e. The molecule has 0 radical (unpaired) electrons. The van der Waals surface area contributed by atoms with E-state index in [0.717, 1.165) is 10.1 Å². The van der Waals surface area contributed by atoms with Crippen molar-refractivity contribution >= 4 is 23.4 Å². The van der Waals surface area contributed by atoms with E-state index in [1.165, 1.54) is 25.3 Å². The van der Waals surface area contributed by atoms with Crippen LogP contribution in [0.15, 0.2) is 53.5 Å². The first-order chi connectivity index (χ1) is 13.3. The molecule has 28 heavy (non-hydrogen) atoms. The standard InChI is InChI=1S/C19H23N5O4/c1-12(20)18(27)23-14-8-5-9-24(19(14)28)11-16(25)22-15(17(21)26)10-13-6-3-2-4-7-13/h2-9,12,15H,10-11,20H2,1H3,(H2,21,26)(H,22,25)(H,23,27)/t12-,15-/m0/s1. The molecular formula is C19H23N5O4. The molecule has 1 heterocycles. The Balaban J connectivity index is 2.08. The van der Waals surface area contributed by atoms with Crippen LogP contribution in [0.1, 0.15) is 12.5 Å². The lowest BCUT2D eigenvalue weighted by Gasteiger charge is -2.16. The predicted molar refractivity (Wildman–Crippen MR) is 104 cm³/mol. The van der Waals surface area contributed by atoms with Crippen molar-refractivity contribution in [3.8, 4) is 0 Å². The molecule has 0 saturated carbocycles. The second-order valence-electron chi connectivity index (χ2n) is 6.35. The van der Waals surface area contributed by atoms with Crippen LogP contribution in [-0.4, -0.2) is 34.4 Å². The van der Waals surface area contributed by atoms with Crippen molar-refractivity contribution in [1.29, 1.82) is 0 Å². The van der Waals surface area contributed by atoms with E-state index in [4.69, 9.17) is 11.5 Å². The van der Waals surface area contributed by atoms with Crippen LogP contribution < -0.4 is 27.7 Å². The number of carbonyl (C=O) groups is 3. The average molecular weight is 385 g/mol. The molecule has 148 valence electrons. The van der Waals surface area contributed by atoms with Gasteiger partial charge in [0, 0.05) is 12.6 Å². The summed E-state index contributed by atoms with van der Waals surface area (Å²) in [6.45, 7) is 1.15. The third kappa shape index (κ3) is 5.78. The van der Waals surface area contributed by atoms with Gasteiger partial charge < -0.3 is 26.7 Å². The number of anilines is 1. The van der Waals surface area contributed by atoms with Crippen LogP contribution in [0.2, 0.25) is 0 Å². The molecule has 6 N–H and O–H groups in total. The summed E-state index contributed by atoms with van der Waals surface area (Å²) in [7, 11) is 0. The Bertz CT molecular complexity index is 908. The van der Waals surface area contributed by atoms with Gasteiger partial charge in [-0.05, 0) is 24.6 Å². The molecule has 2 rings (SSSR count). The number of hydrogen-bond donors (Lipinski definition) is 4. The minimum absolute atomic E-state index is 0.00772. The van der Waals surface area contributed by atoms with E-state index in [2.05, 4.69) is 10.6 Å². The molecule has 0 fully saturated rings. The number of rotatable bonds is 8. The van der Waals surface area contributed by atoms with Crippen LogP contribution in [0.4, 0.5) is 5.69 Å². The first kappa shape index (κ1) is 20.8. The Hall–Kier alpha value is -3.46. The SMILES string of the molecule is C[C@H](N)C(=O)Nc1cccn(CC(=O)N[C@@H](Cc2ccccc2)C(N)=O)c1=O. The zero-order valence-corrected chi connectivity index (χ0v) is 15.4. The summed E-state index contributed by atoms with van der Waals surface area (Å²) in [5.41, 5.74) is 11.1. The van der Waals surface area contributed by atoms with Gasteiger partial charge in [0.05, 0.1) is 6.04 Å². The van der Waals surface area contributed by atoms with E-state index in [9.17, 15) is 19.2 Å². The molecule has 2 atom stereocenters. The summed E-state index contributed by atoms with van der Waals surface area (Å²) in [5, 5.41) is 4.95. The number of carbonyl (C=O) groups excluding carboxylic acids is 3. The van der Waals surface area contributed by atoms with Gasteiger partial charge in [-0.15, -0.1) is 0 Å². The molecule has 9 heteroatoms. The maximum atomic E-state index is 12.4. The number of primary amides is 1. The zero-order chi connectivity index (χ0) is 20.7. The van der Waals surface area contributed by atoms with Crippen molar-refractivity contribution in [1.82, 2.24) is 9.88 Å². The Kier molecular flexibility index (Phi) is 7.05. The molecule has 0 saturated heterocycles. The average Bonchev–Trinajstić information content (AvgIpc) is 2.65. The van der Waals surface area contributed by atoms with Gasteiger partial charge in [0.2, 0.25) is 17.7 Å². The molecule has 3 amide bonds. The van der Waals surface area contributed by atoms with Crippen LogP contribution in [-0.2, 0) is 27.3 Å². The molecule has 1 aromatic carbocycles. The van der Waals surface area contributed by atoms with Gasteiger partial charge in [-0.3, -0.25) is 19.2 Å². The van der Waals surface area contributed by atoms with E-state index in [1.807, 2.05) is 30.3 Å². The predicted octanol–water partition coefficient (Wildman–Crippen LogP) is -0.653. The maximum Gasteiger partial charge on any atom is 0.274 e. The van der Waals surface area contributed by atoms with Crippen LogP contribution in [0.3, 0.4) is 0 Å². The molecule has 0 unspecified atom stereocenters. The van der Waals surface area contributed by atoms with E-state index in [-0.39, 0.29) is 18.7 Å². The smallest absolute Gasteiger partial charge is 0.274 e. The fourth-order valence-electron chi connectivity index (χ4n) is 2.47. The van der Waals surface area contributed by atoms with Gasteiger partial charge in [-0.2, -0.15) is 0 Å². The van der Waals surface area contributed by atoms with Crippen molar-refractivity contribution in [3.63, 3.8) is 0 Å². The molecular weight excluding hydrogens is 362 g/mol. The number of hydrogen-bond acceptors (Lipinski definition) is 5. The van der Waals surface area contributed by atoms with Crippen LogP contribution >= 0.6 is 0 Å². The second kappa shape index (κ2) is 9.47. The molecule has 0 aliphatic carbocycles. The van der Waals surface area contributed by atoms with Gasteiger partial charge in [0.15, 0.2) is 0 Å². The molecule has 0 aliphatic rings. The summed E-state index contributed by atoms with van der Waals surface area (Å²) in [6.07, 6.45) is 1.64. The van der Waals surface area contributed by atoms with Crippen LogP contribution in [0.5, 0.6) is 0 Å². The van der Waals surface area contributed by atoms with Gasteiger partial charge in [-0.25, -0.2) is 0 Å². The number of benzene rings is 1. The molecule has 0 aliphatic heterocycles. The number of aromatic nitrogens is 1. The number of nitrogens with zero attached hydrogens (tertiary/aromatic N) is 1. The first-order valence-corrected chi connectivity index (χ1v) is 8.66. The van der Waals surface area contributed by atoms with Crippen molar-refractivity contribution < 1.29 is 14.4 Å². The Morgan fingerprint density at radius 2 is 1.79 bits per heavy atom. The van der Waals surface area contributed by atoms with Gasteiger partial charge in [0.25, 0.3) is 5.56 Å². The topological polar surface area (TPSA) is 149 Å². The monoisotopic (exact) mass is 385 g/mol. The highest BCUT2D eigenvalue weighted by Crippen LogP contribution is 2.04. The normalized spacial score (nSPS) is 12.6. The lowest BCUT2D eigenvalue weighted by Crippen LogP contribution is -2.47. The highest BCUT2D eigenvalue weighted by atomic mass is 16.2. The minimum atomic E-state index is -0.911. The van der Waals surface area contributed by atoms with Gasteiger partial charge in [0.1, 0.15) is 18.3 Å². The summed E-state index contributed by atoms with van der Waals surface area (Å²) in [4.78, 5) is 48.1. The van der Waals surface area contributed by atoms with E-state index >= 15 is 0 Å². The fourth-order valence-corrected chi connectivity index (χ4v) is 2.47. The molecule has 9 nitrogen and oxygen atoms in total. The van der Waals surface area contributed by atoms with Gasteiger partial charge >= 0.3 is 0 Å². The maximum absolute atomic E-state index is 12.4. The van der Waals surface area contributed by atoms with E-state index in [0.29, 0.717) is 0 Å². The lowest BCUT2D eigenvalue weighted by atomic mass is 10.1. The second-order valence-corrected chi connectivity index (χ2v) is 6.35. The Morgan fingerprint density at radius 1 is 1.11 bits per heavy atom. The van der Waals surface area contributed by atoms with Crippen molar-refractivity contribution in [2.45, 2.75) is 32.0 Å². The minimum Gasteiger partial charge on any atom is -0.368 e. The third-order valence-electron chi connectivity index (χ3n) is 3.97. The van der Waals surface area contributed by atoms with Crippen LogP contribution in [0.25, 0.3) is 0 Å². The summed E-state index contributed by atoms with van der Waals surface area (Å²) in [6, 6.07) is 10.3. The van der Waals surface area contributed by atoms with Crippen molar-refractivity contribution in [2.24, 2.45) is 11.5 Å². The van der Waals surface area contributed by atoms with Crippen molar-refractivity contribution in [2.75, 3.05) is 5.32 Å². The summed E-state index contributed by atoms with van der Waals surface area (Å²) >= 11 is 0. The van der Waals surface area contributed by atoms with Crippen molar-refractivity contribution in [3.05, 3.63) is 64.6 Å². The molecule has 2 aromatic rings. The lowest BCUT2D eigenvalue weighted by molar-refractivity contribution is -0.127. The Labute approximate surface area is 161 Å². The number of pyridine rings is 1. The quantitative estimate of drug-likeness (QED) is 0.476. The van der Waals surface area contributed by atoms with Gasteiger partial charge in [-0.1, -0.05) is 30.3 Å². The first-order valence-electron chi connectivity index (χ1n) is 8.66. The van der Waals surface area contributed by atoms with E-state index in [1.54, 1.807) is 0 Å². The number of nitrogens with two attached hydrogens (primary N) is 2. The highest BCUT2D eigenvalue weighted by molar-refractivity contribution is 5.94. The fraction of sp³-hybridized carbons (Fsp3) is 0.263. The molecule has 1 aromatic heterocycles. The summed E-state index contributed by atoms with van der Waals surface area (Å²) < 4.78 is 1.12. The number of nitrogens with one attached hydrogen (secondary N) is 2. The number of amides is 3. The molecule has 0 bridgehead atoms. The zero-order valence-electron chi connectivity index (χ0n) is 15.4. The van der Waals surface area contributed by atoms with Crippen LogP contribution in [0, 0.1) is 0 Å². The van der Waals surface area contributed by atoms with E-state index < -0.39 is 35.4 Å². The highest BCUT2D eigenvalue weighted by Gasteiger charge is 2.19. The Morgan fingerprint density at radius 3 is 2.39 bits per heavy atom.